The van der Waals surface area contributed by atoms with Gasteiger partial charge >= 0.3 is 0 Å². The van der Waals surface area contributed by atoms with Gasteiger partial charge in [0.05, 0.1) is 23.3 Å². The van der Waals surface area contributed by atoms with E-state index in [9.17, 15) is 0 Å². The molecule has 4 heteroatoms. The van der Waals surface area contributed by atoms with Gasteiger partial charge in [0.1, 0.15) is 0 Å². The van der Waals surface area contributed by atoms with E-state index in [-0.39, 0.29) is 0 Å². The first kappa shape index (κ1) is 11.4. The Bertz CT molecular complexity index is 564. The second-order valence-corrected chi connectivity index (χ2v) is 6.41. The number of aromatic nitrogens is 1. The summed E-state index contributed by atoms with van der Waals surface area (Å²) in [7, 11) is 0. The fraction of sp³-hybridized carbons (Fsp3) is 0.462. The van der Waals surface area contributed by atoms with E-state index in [0.717, 1.165) is 10.6 Å². The first-order valence-corrected chi connectivity index (χ1v) is 7.49. The molecule has 2 nitrogen and oxygen atoms in total. The van der Waals surface area contributed by atoms with Gasteiger partial charge in [0.25, 0.3) is 0 Å². The van der Waals surface area contributed by atoms with Crippen molar-refractivity contribution in [2.45, 2.75) is 25.9 Å². The molecule has 1 aliphatic heterocycles. The predicted octanol–water partition coefficient (Wildman–Crippen LogP) is 2.46. The number of piperidine rings is 1. The van der Waals surface area contributed by atoms with Crippen molar-refractivity contribution in [1.82, 2.24) is 4.57 Å². The lowest BCUT2D eigenvalue weighted by Crippen LogP contribution is -3.12. The minimum atomic E-state index is 1.02. The minimum absolute atomic E-state index is 1.02. The summed E-state index contributed by atoms with van der Waals surface area (Å²) in [6.07, 6.45) is 4.13. The first-order valence-electron chi connectivity index (χ1n) is 6.26. The number of nitrogens with one attached hydrogen (secondary N) is 1. The summed E-state index contributed by atoms with van der Waals surface area (Å²) in [4.78, 5) is 1.68. The maximum atomic E-state index is 5.49. The highest BCUT2D eigenvalue weighted by atomic mass is 32.1. The van der Waals surface area contributed by atoms with Gasteiger partial charge in [-0.25, -0.2) is 0 Å². The molecule has 2 aromatic rings. The van der Waals surface area contributed by atoms with Crippen LogP contribution in [0.1, 0.15) is 19.3 Å². The van der Waals surface area contributed by atoms with Crippen LogP contribution in [0.25, 0.3) is 10.2 Å². The summed E-state index contributed by atoms with van der Waals surface area (Å²) in [6, 6.07) is 8.54. The molecule has 1 fully saturated rings. The molecule has 0 unspecified atom stereocenters. The van der Waals surface area contributed by atoms with Crippen LogP contribution in [0, 0.1) is 3.95 Å². The van der Waals surface area contributed by atoms with Gasteiger partial charge in [-0.15, -0.1) is 11.3 Å². The van der Waals surface area contributed by atoms with Gasteiger partial charge in [-0.3, -0.25) is 4.57 Å². The van der Waals surface area contributed by atoms with E-state index >= 15 is 0 Å². The van der Waals surface area contributed by atoms with E-state index in [1.165, 1.54) is 42.6 Å². The standard InChI is InChI=1S/C13H16N2S2/c16-13-15(10-14-8-4-1-5-9-14)11-6-2-3-7-12(11)17-13/h2-3,6-7H,1,4-5,8-10H2/p+1. The van der Waals surface area contributed by atoms with Crippen LogP contribution in [0.3, 0.4) is 0 Å². The molecule has 1 saturated heterocycles. The maximum absolute atomic E-state index is 5.49. The molecule has 0 bridgehead atoms. The van der Waals surface area contributed by atoms with E-state index in [1.54, 1.807) is 16.2 Å². The third kappa shape index (κ3) is 2.30. The summed E-state index contributed by atoms with van der Waals surface area (Å²) in [5.74, 6) is 0. The number of likely N-dealkylation sites (tertiary alicyclic amines) is 1. The van der Waals surface area contributed by atoms with Crippen LogP contribution in [-0.2, 0) is 6.67 Å². The van der Waals surface area contributed by atoms with Crippen molar-refractivity contribution in [3.8, 4) is 0 Å². The van der Waals surface area contributed by atoms with Crippen molar-refractivity contribution in [2.75, 3.05) is 13.1 Å². The zero-order valence-corrected chi connectivity index (χ0v) is 11.4. The molecule has 0 atom stereocenters. The van der Waals surface area contributed by atoms with E-state index in [4.69, 9.17) is 12.2 Å². The Labute approximate surface area is 110 Å². The lowest BCUT2D eigenvalue weighted by atomic mass is 10.1. The van der Waals surface area contributed by atoms with Crippen molar-refractivity contribution < 1.29 is 4.90 Å². The molecule has 0 saturated carbocycles. The second-order valence-electron chi connectivity index (χ2n) is 4.73. The van der Waals surface area contributed by atoms with E-state index < -0.39 is 0 Å². The third-order valence-electron chi connectivity index (χ3n) is 3.52. The molecule has 3 rings (SSSR count). The Balaban J connectivity index is 1.93. The number of nitrogens with zero attached hydrogens (tertiary/aromatic N) is 1. The summed E-state index contributed by atoms with van der Waals surface area (Å²) < 4.78 is 4.65. The highest BCUT2D eigenvalue weighted by Crippen LogP contribution is 2.21. The normalized spacial score (nSPS) is 17.6. The number of rotatable bonds is 2. The Morgan fingerprint density at radius 1 is 1.18 bits per heavy atom. The highest BCUT2D eigenvalue weighted by molar-refractivity contribution is 7.73. The van der Waals surface area contributed by atoms with Gasteiger partial charge in [-0.05, 0) is 43.6 Å². The monoisotopic (exact) mass is 265 g/mol. The molecule has 17 heavy (non-hydrogen) atoms. The molecule has 1 aromatic heterocycles. The van der Waals surface area contributed by atoms with Crippen molar-refractivity contribution in [3.05, 3.63) is 28.2 Å². The van der Waals surface area contributed by atoms with Gasteiger partial charge < -0.3 is 4.90 Å². The van der Waals surface area contributed by atoms with Gasteiger partial charge in [0.2, 0.25) is 0 Å². The topological polar surface area (TPSA) is 9.37 Å². The molecule has 1 aromatic carbocycles. The van der Waals surface area contributed by atoms with Crippen LogP contribution in [0.15, 0.2) is 24.3 Å². The van der Waals surface area contributed by atoms with Gasteiger partial charge in [-0.2, -0.15) is 0 Å². The SMILES string of the molecule is S=c1sc2ccccc2n1C[NH+]1CCCCC1. The number of para-hydroxylation sites is 1. The van der Waals surface area contributed by atoms with Crippen LogP contribution < -0.4 is 4.90 Å². The Hall–Kier alpha value is -0.710. The quantitative estimate of drug-likeness (QED) is 0.821. The van der Waals surface area contributed by atoms with Crippen molar-refractivity contribution in [1.29, 1.82) is 0 Å². The Morgan fingerprint density at radius 3 is 2.76 bits per heavy atom. The van der Waals surface area contributed by atoms with E-state index in [1.807, 2.05) is 0 Å². The van der Waals surface area contributed by atoms with Gasteiger partial charge in [0.15, 0.2) is 10.6 Å². The van der Waals surface area contributed by atoms with Crippen molar-refractivity contribution in [2.24, 2.45) is 0 Å². The first-order chi connectivity index (χ1) is 8.34. The van der Waals surface area contributed by atoms with Gasteiger partial charge in [0, 0.05) is 0 Å². The molecule has 90 valence electrons. The molecule has 0 amide bonds. The summed E-state index contributed by atoms with van der Waals surface area (Å²) in [5, 5.41) is 0. The number of benzene rings is 1. The van der Waals surface area contributed by atoms with Gasteiger partial charge in [-0.1, -0.05) is 12.1 Å². The number of hydrogen-bond acceptors (Lipinski definition) is 2. The summed E-state index contributed by atoms with van der Waals surface area (Å²) >= 11 is 7.22. The molecule has 2 heterocycles. The fourth-order valence-electron chi connectivity index (χ4n) is 2.60. The summed E-state index contributed by atoms with van der Waals surface area (Å²) in [6.45, 7) is 3.64. The Kier molecular flexibility index (Phi) is 3.27. The van der Waals surface area contributed by atoms with Crippen LogP contribution in [-0.4, -0.2) is 17.7 Å². The Morgan fingerprint density at radius 2 is 1.94 bits per heavy atom. The highest BCUT2D eigenvalue weighted by Gasteiger charge is 2.15. The van der Waals surface area contributed by atoms with E-state index in [2.05, 4.69) is 28.8 Å². The van der Waals surface area contributed by atoms with Crippen LogP contribution in [0.4, 0.5) is 0 Å². The minimum Gasteiger partial charge on any atom is -0.318 e. The average molecular weight is 265 g/mol. The second kappa shape index (κ2) is 4.88. The number of thiazole rings is 1. The van der Waals surface area contributed by atoms with E-state index in [0.29, 0.717) is 0 Å². The molecular formula is C13H17N2S2+. The largest absolute Gasteiger partial charge is 0.318 e. The predicted molar refractivity (Wildman–Crippen MR) is 75.2 cm³/mol. The molecule has 1 aliphatic rings. The fourth-order valence-corrected chi connectivity index (χ4v) is 3.92. The lowest BCUT2D eigenvalue weighted by Gasteiger charge is -2.24. The molecule has 0 spiro atoms. The number of hydrogen-bond donors (Lipinski definition) is 1. The zero-order valence-electron chi connectivity index (χ0n) is 9.82. The molecule has 0 aliphatic carbocycles. The average Bonchev–Trinajstić information content (AvgIpc) is 2.68. The van der Waals surface area contributed by atoms with Crippen molar-refractivity contribution in [3.63, 3.8) is 0 Å². The maximum Gasteiger partial charge on any atom is 0.166 e. The lowest BCUT2D eigenvalue weighted by molar-refractivity contribution is -0.927. The zero-order chi connectivity index (χ0) is 11.7. The van der Waals surface area contributed by atoms with Crippen LogP contribution in [0.5, 0.6) is 0 Å². The van der Waals surface area contributed by atoms with Crippen molar-refractivity contribution >= 4 is 33.8 Å². The number of quaternary nitrogens is 1. The number of fused-ring (bicyclic) bond motifs is 1. The van der Waals surface area contributed by atoms with Crippen LogP contribution >= 0.6 is 23.6 Å². The smallest absolute Gasteiger partial charge is 0.166 e. The molecular weight excluding hydrogens is 248 g/mol. The third-order valence-corrected chi connectivity index (χ3v) is 4.95. The molecule has 1 N–H and O–H groups in total. The summed E-state index contributed by atoms with van der Waals surface area (Å²) in [5.41, 5.74) is 1.31. The molecule has 0 radical (unpaired) electrons. The van der Waals surface area contributed by atoms with Crippen LogP contribution in [0.2, 0.25) is 0 Å².